The smallest absolute Gasteiger partial charge is 0.255 e. The number of likely N-dealkylation sites (N-methyl/N-ethyl adjacent to an activating group) is 1. The van der Waals surface area contributed by atoms with Gasteiger partial charge in [-0.2, -0.15) is 0 Å². The largest absolute Gasteiger partial charge is 0.510 e. The number of amides is 2. The number of allylic oxidation sites excluding steroid dienone is 1. The Labute approximate surface area is 332 Å². The number of carbonyl (C=O) groups excluding carboxylic acids is 4. The van der Waals surface area contributed by atoms with Crippen LogP contribution in [0.4, 0.5) is 11.4 Å². The van der Waals surface area contributed by atoms with E-state index in [1.165, 1.54) is 41.7 Å². The number of ketones is 2. The highest BCUT2D eigenvalue weighted by molar-refractivity contribution is 6.25. The number of phenols is 1. The Hall–Kier alpha value is -3.94. The Morgan fingerprint density at radius 1 is 1.04 bits per heavy atom. The summed E-state index contributed by atoms with van der Waals surface area (Å²) in [4.78, 5) is 59.3. The van der Waals surface area contributed by atoms with Crippen LogP contribution in [0.2, 0.25) is 0 Å². The number of nitrogens with two attached hydrogens (primary N) is 1. The molecule has 0 aliphatic heterocycles. The van der Waals surface area contributed by atoms with Gasteiger partial charge in [0, 0.05) is 61.8 Å². The number of nitrogens with zero attached hydrogens (tertiary/aromatic N) is 2. The third-order valence-corrected chi connectivity index (χ3v) is 13.0. The molecule has 3 aliphatic carbocycles. The van der Waals surface area contributed by atoms with Crippen LogP contribution in [-0.2, 0) is 19.8 Å². The van der Waals surface area contributed by atoms with Crippen LogP contribution in [0.5, 0.6) is 5.75 Å². The van der Waals surface area contributed by atoms with E-state index in [0.717, 1.165) is 4.90 Å². The number of hydrogen-bond donors (Lipinski definition) is 7. The molecule has 8 N–H and O–H groups in total. The van der Waals surface area contributed by atoms with E-state index in [1.54, 1.807) is 6.92 Å². The minimum absolute atomic E-state index is 0.0841. The third-order valence-electron chi connectivity index (χ3n) is 13.0. The molecule has 306 valence electrons. The quantitative estimate of drug-likeness (QED) is 0.109. The molecule has 0 saturated carbocycles. The van der Waals surface area contributed by atoms with Gasteiger partial charge in [0.05, 0.1) is 25.2 Å². The second-order valence-electron chi connectivity index (χ2n) is 17.3. The van der Waals surface area contributed by atoms with Gasteiger partial charge in [-0.25, -0.2) is 0 Å². The van der Waals surface area contributed by atoms with E-state index in [1.807, 2.05) is 60.3 Å². The van der Waals surface area contributed by atoms with Gasteiger partial charge in [0.1, 0.15) is 17.1 Å². The van der Waals surface area contributed by atoms with Gasteiger partial charge in [0.2, 0.25) is 11.7 Å². The first-order valence-corrected chi connectivity index (χ1v) is 19.1. The summed E-state index contributed by atoms with van der Waals surface area (Å²) in [7, 11) is 1.22. The van der Waals surface area contributed by atoms with Crippen molar-refractivity contribution in [1.82, 2.24) is 10.2 Å². The van der Waals surface area contributed by atoms with Crippen molar-refractivity contribution in [3.05, 3.63) is 39.4 Å². The van der Waals surface area contributed by atoms with Crippen molar-refractivity contribution in [2.24, 2.45) is 28.9 Å². The molecule has 0 fully saturated rings. The van der Waals surface area contributed by atoms with Crippen LogP contribution in [0.1, 0.15) is 123 Å². The zero-order valence-electron chi connectivity index (χ0n) is 39.1. The van der Waals surface area contributed by atoms with Crippen molar-refractivity contribution in [1.29, 1.82) is 0 Å². The topological polar surface area (TPSA) is 206 Å². The monoisotopic (exact) mass is 772 g/mol. The maximum absolute atomic E-state index is 15.4. The van der Waals surface area contributed by atoms with Crippen LogP contribution < -0.4 is 21.3 Å². The molecule has 1 aromatic rings. The number of Topliss-reactive ketones (excluding diaryl/α,β-unsaturated/α-hetero) is 2. The molecule has 0 bridgehead atoms. The molecule has 3 aliphatic rings. The van der Waals surface area contributed by atoms with Crippen LogP contribution in [0.15, 0.2) is 22.7 Å². The Morgan fingerprint density at radius 2 is 1.58 bits per heavy atom. The average Bonchev–Trinajstić information content (AvgIpc) is 3.12. The van der Waals surface area contributed by atoms with Gasteiger partial charge in [0.25, 0.3) is 5.91 Å². The lowest BCUT2D eigenvalue weighted by Crippen LogP contribution is -2.67. The van der Waals surface area contributed by atoms with Gasteiger partial charge >= 0.3 is 0 Å². The van der Waals surface area contributed by atoms with E-state index >= 15 is 4.79 Å². The van der Waals surface area contributed by atoms with E-state index in [4.69, 9.17) is 5.73 Å². The average molecular weight is 772 g/mol. The van der Waals surface area contributed by atoms with Crippen molar-refractivity contribution in [2.75, 3.05) is 30.4 Å². The van der Waals surface area contributed by atoms with Crippen LogP contribution >= 0.6 is 0 Å². The van der Waals surface area contributed by atoms with E-state index in [2.05, 4.69) is 10.6 Å². The summed E-state index contributed by atoms with van der Waals surface area (Å²) in [6.45, 7) is 24.9. The molecule has 1 aromatic carbocycles. The van der Waals surface area contributed by atoms with Gasteiger partial charge in [-0.15, -0.1) is 0 Å². The number of rotatable bonds is 12. The molecule has 0 radical (unpaired) electrons. The van der Waals surface area contributed by atoms with Gasteiger partial charge in [-0.1, -0.05) is 48.5 Å². The predicted molar refractivity (Wildman–Crippen MR) is 214 cm³/mol. The summed E-state index contributed by atoms with van der Waals surface area (Å²) in [6.07, 6.45) is -3.45. The second-order valence-corrected chi connectivity index (χ2v) is 17.3. The summed E-state index contributed by atoms with van der Waals surface area (Å²) < 4.78 is 40.0. The van der Waals surface area contributed by atoms with Gasteiger partial charge < -0.3 is 41.7 Å². The first-order chi connectivity index (χ1) is 26.6. The fraction of sp³-hybridized carbons (Fsp3) is 0.667. The number of aliphatic hydroxyl groups excluding tert-OH is 2. The summed E-state index contributed by atoms with van der Waals surface area (Å²) in [5.74, 6) is -12.3. The minimum atomic E-state index is -3.88. The normalized spacial score (nSPS) is 29.9. The van der Waals surface area contributed by atoms with Gasteiger partial charge in [-0.3, -0.25) is 24.1 Å². The van der Waals surface area contributed by atoms with Crippen LogP contribution in [0.25, 0.3) is 0 Å². The summed E-state index contributed by atoms with van der Waals surface area (Å²) in [5.41, 5.74) is -5.14. The van der Waals surface area contributed by atoms with Gasteiger partial charge in [0.15, 0.2) is 17.1 Å². The Balaban J connectivity index is 2.23. The Bertz CT molecular complexity index is 2060. The molecular formula is C42H65N5O8. The number of anilines is 2. The maximum Gasteiger partial charge on any atom is 0.255 e. The second kappa shape index (κ2) is 14.5. The van der Waals surface area contributed by atoms with Crippen molar-refractivity contribution < 1.29 is 45.1 Å². The lowest BCUT2D eigenvalue weighted by molar-refractivity contribution is -0.152. The van der Waals surface area contributed by atoms with Crippen LogP contribution in [0, 0.1) is 30.1 Å². The molecule has 0 spiro atoms. The zero-order valence-corrected chi connectivity index (χ0v) is 35.1. The number of fused-ring (bicyclic) bond motifs is 3. The van der Waals surface area contributed by atoms with E-state index < -0.39 is 104 Å². The van der Waals surface area contributed by atoms with Crippen molar-refractivity contribution >= 4 is 34.8 Å². The van der Waals surface area contributed by atoms with Crippen LogP contribution in [0.3, 0.4) is 0 Å². The minimum Gasteiger partial charge on any atom is -0.510 e. The molecule has 2 amide bonds. The van der Waals surface area contributed by atoms with E-state index in [-0.39, 0.29) is 35.7 Å². The first-order valence-electron chi connectivity index (χ1n) is 21.1. The number of hydrogen-bond acceptors (Lipinski definition) is 11. The first kappa shape index (κ1) is 38.0. The molecule has 13 heteroatoms. The lowest BCUT2D eigenvalue weighted by atomic mass is 9.45. The molecule has 13 nitrogen and oxygen atoms in total. The van der Waals surface area contributed by atoms with E-state index in [9.17, 15) is 40.3 Å². The number of phenolic OH excluding ortho intramolecular Hbond substituents is 1. The molecule has 4 atom stereocenters. The molecule has 4 rings (SSSR count). The number of primary amides is 1. The van der Waals surface area contributed by atoms with Crippen LogP contribution in [-0.4, -0.2) is 98.1 Å². The molecular weight excluding hydrogens is 702 g/mol. The molecule has 0 saturated heterocycles. The fourth-order valence-electron chi connectivity index (χ4n) is 8.42. The molecule has 0 heterocycles. The molecule has 0 aromatic heterocycles. The summed E-state index contributed by atoms with van der Waals surface area (Å²) in [6, 6.07) is -4.30. The van der Waals surface area contributed by atoms with Crippen molar-refractivity contribution in [3.8, 4) is 5.75 Å². The Morgan fingerprint density at radius 3 is 2.04 bits per heavy atom. The number of aromatic hydroxyl groups is 1. The van der Waals surface area contributed by atoms with Crippen molar-refractivity contribution in [3.63, 3.8) is 0 Å². The summed E-state index contributed by atoms with van der Waals surface area (Å²) in [5, 5.41) is 55.2. The standard InChI is InChI=1S/C42H65N5O8/c1-16-47(22(8)9)31-23(10)30(45-25(48)18-44-41(14,19(2)3)20(4)5)34(50)26-28(31)39(11,12)40(13)17-24-32(46(15)21(6)7)35(51)27(38(43)54)36(52)42(24,55)37(53)29(40)33(26)49/h19-22,24,32,44,50-51,53,55H,16-18H2,1-15H3,(H2,43,54)(H,45,48)/t24-,32?,40-,42+/m0/s1/i17D2,24D,32D. The number of carbonyl (C=O) groups is 4. The SMILES string of the molecule is [2H]C1(N(C)C(C)C)C(O)=C(C(N)=O)C(=O)[C@@]2(O)C(O)=C3C(=O)c4c(O)c(NC(=O)CNC(C)(C(C)C)C(C)C)c(C)c(N(CC)C(C)C)c4C(C)(C)[C@@]3(C)C([2H])([2H])[C@@]12[2H]. The van der Waals surface area contributed by atoms with Gasteiger partial charge in [-0.05, 0) is 79.3 Å². The number of nitrogens with one attached hydrogen (secondary N) is 2. The lowest BCUT2D eigenvalue weighted by Gasteiger charge is -2.59. The van der Waals surface area contributed by atoms with E-state index in [0.29, 0.717) is 17.8 Å². The Kier molecular flexibility index (Phi) is 10.0. The highest BCUT2D eigenvalue weighted by Gasteiger charge is 2.69. The number of benzene rings is 1. The highest BCUT2D eigenvalue weighted by Crippen LogP contribution is 2.66. The highest BCUT2D eigenvalue weighted by atomic mass is 16.3. The third kappa shape index (κ3) is 6.25. The predicted octanol–water partition coefficient (Wildman–Crippen LogP) is 5.17. The summed E-state index contributed by atoms with van der Waals surface area (Å²) >= 11 is 0. The number of aliphatic hydroxyl groups is 3. The zero-order chi connectivity index (χ0) is 45.9. The maximum atomic E-state index is 15.4. The molecule has 55 heavy (non-hydrogen) atoms. The molecule has 1 unspecified atom stereocenters. The van der Waals surface area contributed by atoms with Crippen molar-refractivity contribution in [2.45, 2.75) is 138 Å². The fourth-order valence-corrected chi connectivity index (χ4v) is 8.42.